The number of rotatable bonds is 3. The molecule has 0 aromatic carbocycles. The maximum Gasteiger partial charge on any atom is 0.123 e. The van der Waals surface area contributed by atoms with Gasteiger partial charge >= 0.3 is 0 Å². The monoisotopic (exact) mass is 234 g/mol. The molecule has 0 bridgehead atoms. The number of thiophene rings is 1. The van der Waals surface area contributed by atoms with Crippen LogP contribution in [0.25, 0.3) is 0 Å². The second kappa shape index (κ2) is 4.63. The molecule has 0 amide bonds. The Kier molecular flexibility index (Phi) is 3.22. The van der Waals surface area contributed by atoms with E-state index < -0.39 is 6.10 Å². The van der Waals surface area contributed by atoms with Crippen LogP contribution in [-0.4, -0.2) is 10.1 Å². The van der Waals surface area contributed by atoms with E-state index >= 15 is 0 Å². The molecule has 2 aromatic rings. The average molecular weight is 234 g/mol. The quantitative estimate of drug-likeness (QED) is 0.856. The van der Waals surface area contributed by atoms with Crippen molar-refractivity contribution in [3.05, 3.63) is 45.8 Å². The lowest BCUT2D eigenvalue weighted by Gasteiger charge is -2.10. The molecular formula is C12H14N2OS. The van der Waals surface area contributed by atoms with Gasteiger partial charge in [-0.05, 0) is 41.6 Å². The smallest absolute Gasteiger partial charge is 0.123 e. The molecule has 2 rings (SSSR count). The number of pyridine rings is 1. The van der Waals surface area contributed by atoms with Crippen molar-refractivity contribution in [3.63, 3.8) is 0 Å². The third kappa shape index (κ3) is 2.40. The summed E-state index contributed by atoms with van der Waals surface area (Å²) in [6, 6.07) is 5.69. The Morgan fingerprint density at radius 3 is 2.94 bits per heavy atom. The van der Waals surface area contributed by atoms with E-state index in [1.54, 1.807) is 23.6 Å². The molecule has 1 atom stereocenters. The molecule has 1 unspecified atom stereocenters. The number of aliphatic hydroxyl groups is 1. The van der Waals surface area contributed by atoms with Gasteiger partial charge in [0.15, 0.2) is 0 Å². The van der Waals surface area contributed by atoms with Crippen molar-refractivity contribution in [2.45, 2.75) is 19.4 Å². The minimum Gasteiger partial charge on any atom is -0.387 e. The zero-order valence-corrected chi connectivity index (χ0v) is 9.87. The van der Waals surface area contributed by atoms with Crippen molar-refractivity contribution in [3.8, 4) is 0 Å². The van der Waals surface area contributed by atoms with Crippen molar-refractivity contribution in [2.75, 3.05) is 5.73 Å². The molecule has 2 heterocycles. The fourth-order valence-electron chi connectivity index (χ4n) is 1.66. The third-order valence-electron chi connectivity index (χ3n) is 2.48. The van der Waals surface area contributed by atoms with Gasteiger partial charge in [0, 0.05) is 17.5 Å². The molecule has 16 heavy (non-hydrogen) atoms. The molecule has 0 fully saturated rings. The van der Waals surface area contributed by atoms with E-state index in [2.05, 4.69) is 4.98 Å². The molecule has 3 nitrogen and oxygen atoms in total. The molecule has 2 aromatic heterocycles. The second-order valence-electron chi connectivity index (χ2n) is 3.78. The van der Waals surface area contributed by atoms with Gasteiger partial charge in [-0.2, -0.15) is 0 Å². The van der Waals surface area contributed by atoms with Gasteiger partial charge < -0.3 is 10.8 Å². The molecule has 4 heteroatoms. The number of nitrogens with two attached hydrogens (primary N) is 1. The van der Waals surface area contributed by atoms with Gasteiger partial charge in [-0.3, -0.25) is 0 Å². The zero-order valence-electron chi connectivity index (χ0n) is 9.05. The lowest BCUT2D eigenvalue weighted by molar-refractivity contribution is 0.181. The molecule has 0 spiro atoms. The van der Waals surface area contributed by atoms with Gasteiger partial charge in [-0.1, -0.05) is 0 Å². The first-order chi connectivity index (χ1) is 7.66. The third-order valence-corrected chi connectivity index (χ3v) is 3.60. The molecule has 84 valence electrons. The number of aliphatic hydroxyl groups excluding tert-OH is 1. The summed E-state index contributed by atoms with van der Waals surface area (Å²) >= 11 is 1.58. The Morgan fingerprint density at radius 1 is 1.50 bits per heavy atom. The van der Waals surface area contributed by atoms with Gasteiger partial charge in [-0.15, -0.1) is 11.3 Å². The molecule has 0 radical (unpaired) electrons. The van der Waals surface area contributed by atoms with E-state index in [1.807, 2.05) is 24.4 Å². The van der Waals surface area contributed by atoms with Crippen LogP contribution in [0.15, 0.2) is 29.8 Å². The molecule has 0 saturated heterocycles. The standard InChI is InChI=1S/C12H14N2OS/c1-8-3-5-16-12(8)10(15)6-9-2-4-14-11(13)7-9/h2-5,7,10,15H,6H2,1H3,(H2,13,14). The van der Waals surface area contributed by atoms with E-state index in [0.29, 0.717) is 12.2 Å². The van der Waals surface area contributed by atoms with Gasteiger partial charge in [0.1, 0.15) is 5.82 Å². The highest BCUT2D eigenvalue weighted by molar-refractivity contribution is 7.10. The molecular weight excluding hydrogens is 220 g/mol. The Bertz CT molecular complexity index is 481. The number of nitrogen functional groups attached to an aromatic ring is 1. The van der Waals surface area contributed by atoms with E-state index in [0.717, 1.165) is 16.0 Å². The first kappa shape index (κ1) is 11.1. The summed E-state index contributed by atoms with van der Waals surface area (Å²) < 4.78 is 0. The summed E-state index contributed by atoms with van der Waals surface area (Å²) in [6.07, 6.45) is 1.79. The minimum absolute atomic E-state index is 0.457. The van der Waals surface area contributed by atoms with Crippen LogP contribution in [0.3, 0.4) is 0 Å². The van der Waals surface area contributed by atoms with Crippen LogP contribution < -0.4 is 5.73 Å². The highest BCUT2D eigenvalue weighted by atomic mass is 32.1. The maximum atomic E-state index is 10.1. The fraction of sp³-hybridized carbons (Fsp3) is 0.250. The lowest BCUT2D eigenvalue weighted by Crippen LogP contribution is -2.02. The highest BCUT2D eigenvalue weighted by Crippen LogP contribution is 2.26. The van der Waals surface area contributed by atoms with E-state index in [1.165, 1.54) is 0 Å². The zero-order chi connectivity index (χ0) is 11.5. The minimum atomic E-state index is -0.457. The average Bonchev–Trinajstić information content (AvgIpc) is 2.64. The van der Waals surface area contributed by atoms with Crippen LogP contribution in [0.2, 0.25) is 0 Å². The van der Waals surface area contributed by atoms with E-state index in [4.69, 9.17) is 5.73 Å². The van der Waals surface area contributed by atoms with Gasteiger partial charge in [-0.25, -0.2) is 4.98 Å². The number of hydrogen-bond donors (Lipinski definition) is 2. The SMILES string of the molecule is Cc1ccsc1C(O)Cc1ccnc(N)c1. The van der Waals surface area contributed by atoms with Crippen molar-refractivity contribution in [1.82, 2.24) is 4.98 Å². The topological polar surface area (TPSA) is 59.1 Å². The van der Waals surface area contributed by atoms with Crippen LogP contribution in [0.4, 0.5) is 5.82 Å². The Hall–Kier alpha value is -1.39. The molecule has 0 aliphatic heterocycles. The number of anilines is 1. The van der Waals surface area contributed by atoms with Crippen molar-refractivity contribution in [1.29, 1.82) is 0 Å². The first-order valence-corrected chi connectivity index (χ1v) is 5.97. The molecule has 0 aliphatic rings. The number of aryl methyl sites for hydroxylation is 1. The summed E-state index contributed by atoms with van der Waals surface area (Å²) in [5.74, 6) is 0.493. The predicted molar refractivity (Wildman–Crippen MR) is 66.4 cm³/mol. The Balaban J connectivity index is 2.14. The summed E-state index contributed by atoms with van der Waals surface area (Å²) in [5.41, 5.74) is 7.74. The van der Waals surface area contributed by atoms with Crippen LogP contribution in [0.1, 0.15) is 22.1 Å². The molecule has 0 saturated carbocycles. The predicted octanol–water partition coefficient (Wildman–Crippen LogP) is 2.31. The van der Waals surface area contributed by atoms with E-state index in [-0.39, 0.29) is 0 Å². The Labute approximate surface area is 98.6 Å². The summed E-state index contributed by atoms with van der Waals surface area (Å²) in [4.78, 5) is 4.95. The Morgan fingerprint density at radius 2 is 2.31 bits per heavy atom. The second-order valence-corrected chi connectivity index (χ2v) is 4.72. The van der Waals surface area contributed by atoms with E-state index in [9.17, 15) is 5.11 Å². The summed E-state index contributed by atoms with van der Waals surface area (Å²) in [5, 5.41) is 12.1. The van der Waals surface area contributed by atoms with Crippen LogP contribution in [-0.2, 0) is 6.42 Å². The van der Waals surface area contributed by atoms with Crippen LogP contribution in [0, 0.1) is 6.92 Å². The fourth-order valence-corrected chi connectivity index (χ4v) is 2.58. The van der Waals surface area contributed by atoms with Gasteiger partial charge in [0.05, 0.1) is 6.10 Å². The van der Waals surface area contributed by atoms with Crippen molar-refractivity contribution in [2.24, 2.45) is 0 Å². The first-order valence-electron chi connectivity index (χ1n) is 5.09. The van der Waals surface area contributed by atoms with Crippen molar-refractivity contribution >= 4 is 17.2 Å². The number of aromatic nitrogens is 1. The molecule has 3 N–H and O–H groups in total. The van der Waals surface area contributed by atoms with Crippen LogP contribution in [0.5, 0.6) is 0 Å². The van der Waals surface area contributed by atoms with Crippen molar-refractivity contribution < 1.29 is 5.11 Å². The maximum absolute atomic E-state index is 10.1. The van der Waals surface area contributed by atoms with Crippen LogP contribution >= 0.6 is 11.3 Å². The summed E-state index contributed by atoms with van der Waals surface area (Å²) in [6.45, 7) is 2.01. The highest BCUT2D eigenvalue weighted by Gasteiger charge is 2.12. The largest absolute Gasteiger partial charge is 0.387 e. The lowest BCUT2D eigenvalue weighted by atomic mass is 10.1. The van der Waals surface area contributed by atoms with Gasteiger partial charge in [0.25, 0.3) is 0 Å². The summed E-state index contributed by atoms with van der Waals surface area (Å²) in [7, 11) is 0. The normalized spacial score (nSPS) is 12.6. The molecule has 0 aliphatic carbocycles. The van der Waals surface area contributed by atoms with Gasteiger partial charge in [0.2, 0.25) is 0 Å². The number of nitrogens with zero attached hydrogens (tertiary/aromatic N) is 1. The number of hydrogen-bond acceptors (Lipinski definition) is 4.